The molecule has 0 atom stereocenters. The van der Waals surface area contributed by atoms with Crippen LogP contribution in [0, 0.1) is 0 Å². The van der Waals surface area contributed by atoms with Crippen LogP contribution in [-0.2, 0) is 5.41 Å². The van der Waals surface area contributed by atoms with Crippen molar-refractivity contribution in [2.24, 2.45) is 0 Å². The zero-order chi connectivity index (χ0) is 36.3. The van der Waals surface area contributed by atoms with Gasteiger partial charge in [0.25, 0.3) is 0 Å². The Morgan fingerprint density at radius 1 is 0.345 bits per heavy atom. The lowest BCUT2D eigenvalue weighted by atomic mass is 9.66. The van der Waals surface area contributed by atoms with Crippen LogP contribution in [-0.4, -0.2) is 0 Å². The van der Waals surface area contributed by atoms with Crippen molar-refractivity contribution in [2.45, 2.75) is 5.41 Å². The number of benzene rings is 9. The minimum atomic E-state index is -0.553. The predicted molar refractivity (Wildman–Crippen MR) is 227 cm³/mol. The molecular formula is C53H35NO. The molecule has 0 saturated heterocycles. The normalized spacial score (nSPS) is 13.0. The van der Waals surface area contributed by atoms with Crippen LogP contribution in [0.25, 0.3) is 44.2 Å². The summed E-state index contributed by atoms with van der Waals surface area (Å²) in [6.07, 6.45) is 0. The first kappa shape index (κ1) is 31.4. The lowest BCUT2D eigenvalue weighted by molar-refractivity contribution is 0.436. The van der Waals surface area contributed by atoms with Gasteiger partial charge in [0.05, 0.1) is 16.8 Å². The molecule has 0 fully saturated rings. The van der Waals surface area contributed by atoms with Crippen molar-refractivity contribution in [1.29, 1.82) is 0 Å². The highest BCUT2D eigenvalue weighted by Crippen LogP contribution is 2.64. The molecule has 55 heavy (non-hydrogen) atoms. The molecule has 0 amide bonds. The third kappa shape index (κ3) is 4.68. The zero-order valence-electron chi connectivity index (χ0n) is 30.1. The quantitative estimate of drug-likeness (QED) is 0.177. The van der Waals surface area contributed by atoms with Gasteiger partial charge in [-0.3, -0.25) is 0 Å². The first-order chi connectivity index (χ1) is 27.3. The largest absolute Gasteiger partial charge is 0.457 e. The topological polar surface area (TPSA) is 12.5 Å². The molecule has 2 aliphatic rings. The fourth-order valence-electron chi connectivity index (χ4n) is 9.28. The Hall–Kier alpha value is -7.16. The number of fused-ring (bicyclic) bond motifs is 10. The second kappa shape index (κ2) is 12.5. The molecule has 1 aliphatic carbocycles. The monoisotopic (exact) mass is 701 g/mol. The van der Waals surface area contributed by atoms with Crippen LogP contribution in [0.15, 0.2) is 212 Å². The van der Waals surface area contributed by atoms with Crippen LogP contribution in [0.1, 0.15) is 22.3 Å². The van der Waals surface area contributed by atoms with Crippen LogP contribution < -0.4 is 9.64 Å². The molecule has 0 N–H and O–H groups in total. The smallest absolute Gasteiger partial charge is 0.132 e. The average molecular weight is 702 g/mol. The predicted octanol–water partition coefficient (Wildman–Crippen LogP) is 14.1. The van der Waals surface area contributed by atoms with Crippen LogP contribution >= 0.6 is 0 Å². The van der Waals surface area contributed by atoms with Crippen molar-refractivity contribution >= 4 is 27.8 Å². The Morgan fingerprint density at radius 2 is 0.855 bits per heavy atom. The summed E-state index contributed by atoms with van der Waals surface area (Å²) in [6.45, 7) is 0. The van der Waals surface area contributed by atoms with Crippen LogP contribution in [0.5, 0.6) is 11.5 Å². The minimum Gasteiger partial charge on any atom is -0.457 e. The van der Waals surface area contributed by atoms with Crippen LogP contribution in [0.3, 0.4) is 0 Å². The zero-order valence-corrected chi connectivity index (χ0v) is 30.1. The molecule has 2 nitrogen and oxygen atoms in total. The Morgan fingerprint density at radius 3 is 1.58 bits per heavy atom. The summed E-state index contributed by atoms with van der Waals surface area (Å²) in [4.78, 5) is 2.47. The van der Waals surface area contributed by atoms with Crippen LogP contribution in [0.4, 0.5) is 17.1 Å². The summed E-state index contributed by atoms with van der Waals surface area (Å²) >= 11 is 0. The van der Waals surface area contributed by atoms with E-state index in [1.807, 2.05) is 0 Å². The van der Waals surface area contributed by atoms with Gasteiger partial charge in [-0.25, -0.2) is 0 Å². The fourth-order valence-corrected chi connectivity index (χ4v) is 9.28. The third-order valence-corrected chi connectivity index (χ3v) is 11.5. The van der Waals surface area contributed by atoms with Crippen LogP contribution in [0.2, 0.25) is 0 Å². The molecule has 9 aromatic carbocycles. The second-order valence-corrected chi connectivity index (χ2v) is 14.4. The lowest BCUT2D eigenvalue weighted by Crippen LogP contribution is -2.32. The van der Waals surface area contributed by atoms with Crippen molar-refractivity contribution in [3.8, 4) is 44.9 Å². The summed E-state index contributed by atoms with van der Waals surface area (Å²) in [5.74, 6) is 1.79. The molecule has 0 saturated carbocycles. The van der Waals surface area contributed by atoms with E-state index in [1.165, 1.54) is 55.3 Å². The maximum atomic E-state index is 6.63. The molecule has 2 heteroatoms. The Balaban J connectivity index is 1.17. The minimum absolute atomic E-state index is 0.553. The summed E-state index contributed by atoms with van der Waals surface area (Å²) in [5, 5.41) is 2.40. The van der Waals surface area contributed by atoms with Gasteiger partial charge in [-0.1, -0.05) is 176 Å². The molecule has 11 rings (SSSR count). The van der Waals surface area contributed by atoms with E-state index < -0.39 is 5.41 Å². The number of ether oxygens (including phenoxy) is 1. The average Bonchev–Trinajstić information content (AvgIpc) is 3.56. The molecular weight excluding hydrogens is 667 g/mol. The third-order valence-electron chi connectivity index (χ3n) is 11.5. The van der Waals surface area contributed by atoms with Gasteiger partial charge in [0.2, 0.25) is 0 Å². The standard InChI is InChI=1S/C53H35NO/c1-2-16-36(17-3-1)40-20-6-7-21-41(40)38-32-34-39(35-33-38)54(48-28-14-19-37-18-4-5-22-42(37)48)49-29-15-27-47-52(49)43-23-8-9-24-44(43)53(47)45-25-10-12-30-50(45)55-51-31-13-11-26-46(51)53/h1-35H. The number of para-hydroxylation sites is 2. The lowest BCUT2D eigenvalue weighted by Gasteiger charge is -2.39. The summed E-state index contributed by atoms with van der Waals surface area (Å²) in [7, 11) is 0. The van der Waals surface area contributed by atoms with Crippen molar-refractivity contribution in [2.75, 3.05) is 4.90 Å². The first-order valence-electron chi connectivity index (χ1n) is 18.9. The van der Waals surface area contributed by atoms with E-state index in [2.05, 4.69) is 217 Å². The number of rotatable bonds is 5. The van der Waals surface area contributed by atoms with Gasteiger partial charge in [-0.2, -0.15) is 0 Å². The number of nitrogens with zero attached hydrogens (tertiary/aromatic N) is 1. The van der Waals surface area contributed by atoms with E-state index in [9.17, 15) is 0 Å². The van der Waals surface area contributed by atoms with E-state index in [0.29, 0.717) is 0 Å². The van der Waals surface area contributed by atoms with Gasteiger partial charge in [0.1, 0.15) is 11.5 Å². The molecule has 0 radical (unpaired) electrons. The van der Waals surface area contributed by atoms with E-state index >= 15 is 0 Å². The first-order valence-corrected chi connectivity index (χ1v) is 18.9. The number of anilines is 3. The van der Waals surface area contributed by atoms with E-state index in [1.54, 1.807) is 0 Å². The van der Waals surface area contributed by atoms with Gasteiger partial charge in [-0.15, -0.1) is 0 Å². The van der Waals surface area contributed by atoms with Crippen molar-refractivity contribution in [1.82, 2.24) is 0 Å². The molecule has 1 spiro atoms. The van der Waals surface area contributed by atoms with Gasteiger partial charge in [0, 0.05) is 27.8 Å². The maximum absolute atomic E-state index is 6.63. The Labute approximate surface area is 321 Å². The molecule has 1 heterocycles. The highest BCUT2D eigenvalue weighted by Gasteiger charge is 2.51. The maximum Gasteiger partial charge on any atom is 0.132 e. The SMILES string of the molecule is c1ccc(-c2ccccc2-c2ccc(N(c3cccc4c3-c3ccccc3C43c4ccccc4Oc4ccccc43)c3cccc4ccccc34)cc2)cc1. The molecule has 1 aliphatic heterocycles. The molecule has 258 valence electrons. The van der Waals surface area contributed by atoms with Gasteiger partial charge >= 0.3 is 0 Å². The van der Waals surface area contributed by atoms with E-state index in [0.717, 1.165) is 39.7 Å². The summed E-state index contributed by atoms with van der Waals surface area (Å²) in [5.41, 5.74) is 15.0. The highest BCUT2D eigenvalue weighted by molar-refractivity contribution is 6.04. The molecule has 9 aromatic rings. The van der Waals surface area contributed by atoms with E-state index in [4.69, 9.17) is 4.74 Å². The Bertz CT molecular complexity index is 2860. The van der Waals surface area contributed by atoms with E-state index in [-0.39, 0.29) is 0 Å². The Kier molecular flexibility index (Phi) is 7.11. The summed E-state index contributed by atoms with van der Waals surface area (Å²) in [6, 6.07) is 76.8. The number of hydrogen-bond acceptors (Lipinski definition) is 2. The van der Waals surface area contributed by atoms with Crippen molar-refractivity contribution in [3.63, 3.8) is 0 Å². The summed E-state index contributed by atoms with van der Waals surface area (Å²) < 4.78 is 6.63. The molecule has 0 bridgehead atoms. The van der Waals surface area contributed by atoms with Crippen molar-refractivity contribution < 1.29 is 4.74 Å². The van der Waals surface area contributed by atoms with Crippen molar-refractivity contribution in [3.05, 3.63) is 235 Å². The number of hydrogen-bond donors (Lipinski definition) is 0. The molecule has 0 aromatic heterocycles. The molecule has 0 unspecified atom stereocenters. The highest BCUT2D eigenvalue weighted by atomic mass is 16.5. The second-order valence-electron chi connectivity index (χ2n) is 14.4. The van der Waals surface area contributed by atoms with Gasteiger partial charge in [0.15, 0.2) is 0 Å². The van der Waals surface area contributed by atoms with Gasteiger partial charge in [-0.05, 0) is 80.7 Å². The fraction of sp³-hybridized carbons (Fsp3) is 0.0189. The van der Waals surface area contributed by atoms with Gasteiger partial charge < -0.3 is 9.64 Å².